The Morgan fingerprint density at radius 3 is 2.95 bits per heavy atom. The van der Waals surface area contributed by atoms with Gasteiger partial charge in [-0.05, 0) is 36.3 Å². The Bertz CT molecular complexity index is 588. The summed E-state index contributed by atoms with van der Waals surface area (Å²) >= 11 is 0. The van der Waals surface area contributed by atoms with Crippen LogP contribution in [0, 0.1) is 0 Å². The van der Waals surface area contributed by atoms with Gasteiger partial charge in [0.15, 0.2) is 0 Å². The number of aliphatic hydroxyl groups is 1. The number of fused-ring (bicyclic) bond motifs is 1. The fourth-order valence-electron chi connectivity index (χ4n) is 3.08. The lowest BCUT2D eigenvalue weighted by molar-refractivity contribution is 0.152. The van der Waals surface area contributed by atoms with Crippen LogP contribution in [-0.2, 0) is 19.9 Å². The van der Waals surface area contributed by atoms with Crippen molar-refractivity contribution in [1.29, 1.82) is 0 Å². The van der Waals surface area contributed by atoms with Crippen LogP contribution < -0.4 is 0 Å². The van der Waals surface area contributed by atoms with Gasteiger partial charge in [0.25, 0.3) is 0 Å². The molecule has 0 saturated heterocycles. The molecule has 0 spiro atoms. The molecule has 2 unspecified atom stereocenters. The minimum Gasteiger partial charge on any atom is -0.388 e. The molecule has 0 amide bonds. The average molecular weight is 256 g/mol. The van der Waals surface area contributed by atoms with Crippen molar-refractivity contribution in [3.8, 4) is 0 Å². The van der Waals surface area contributed by atoms with Crippen LogP contribution in [0.3, 0.4) is 0 Å². The van der Waals surface area contributed by atoms with Gasteiger partial charge < -0.3 is 5.11 Å². The SMILES string of the molecule is CCc1nn(C)cc1C(O)CC1Cc2ccccc21. The lowest BCUT2D eigenvalue weighted by Gasteiger charge is -2.31. The van der Waals surface area contributed by atoms with E-state index in [-0.39, 0.29) is 0 Å². The first-order chi connectivity index (χ1) is 9.19. The molecule has 1 aliphatic rings. The third kappa shape index (κ3) is 2.19. The Kier molecular flexibility index (Phi) is 3.15. The summed E-state index contributed by atoms with van der Waals surface area (Å²) in [6.45, 7) is 2.08. The third-order valence-corrected chi connectivity index (χ3v) is 4.10. The van der Waals surface area contributed by atoms with Crippen molar-refractivity contribution in [2.75, 3.05) is 0 Å². The summed E-state index contributed by atoms with van der Waals surface area (Å²) in [5.41, 5.74) is 4.85. The molecule has 2 atom stereocenters. The van der Waals surface area contributed by atoms with Gasteiger partial charge in [0, 0.05) is 18.8 Å². The highest BCUT2D eigenvalue weighted by Crippen LogP contribution is 2.41. The van der Waals surface area contributed by atoms with Crippen molar-refractivity contribution in [1.82, 2.24) is 9.78 Å². The standard InChI is InChI=1S/C16H20N2O/c1-3-15-14(10-18(2)17-15)16(19)9-12-8-11-6-4-5-7-13(11)12/h4-7,10,12,16,19H,3,8-9H2,1-2H3. The third-order valence-electron chi connectivity index (χ3n) is 4.10. The predicted molar refractivity (Wildman–Crippen MR) is 75.0 cm³/mol. The maximum atomic E-state index is 10.5. The van der Waals surface area contributed by atoms with E-state index in [2.05, 4.69) is 36.3 Å². The molecule has 0 saturated carbocycles. The van der Waals surface area contributed by atoms with E-state index in [0.29, 0.717) is 5.92 Å². The topological polar surface area (TPSA) is 38.0 Å². The van der Waals surface area contributed by atoms with Crippen LogP contribution in [-0.4, -0.2) is 14.9 Å². The second-order valence-corrected chi connectivity index (χ2v) is 5.41. The molecule has 1 aliphatic carbocycles. The number of aliphatic hydroxyl groups excluding tert-OH is 1. The van der Waals surface area contributed by atoms with Gasteiger partial charge in [-0.1, -0.05) is 31.2 Å². The molecule has 3 nitrogen and oxygen atoms in total. The monoisotopic (exact) mass is 256 g/mol. The van der Waals surface area contributed by atoms with Gasteiger partial charge in [-0.2, -0.15) is 5.10 Å². The molecule has 2 aromatic rings. The molecule has 1 aromatic heterocycles. The van der Waals surface area contributed by atoms with E-state index in [4.69, 9.17) is 0 Å². The van der Waals surface area contributed by atoms with Gasteiger partial charge in [0.1, 0.15) is 0 Å². The summed E-state index contributed by atoms with van der Waals surface area (Å²) in [5, 5.41) is 14.9. The van der Waals surface area contributed by atoms with Crippen molar-refractivity contribution < 1.29 is 5.11 Å². The van der Waals surface area contributed by atoms with E-state index in [1.165, 1.54) is 11.1 Å². The Balaban J connectivity index is 1.74. The molecular formula is C16H20N2O. The Morgan fingerprint density at radius 1 is 1.42 bits per heavy atom. The molecule has 0 bridgehead atoms. The molecule has 1 heterocycles. The summed E-state index contributed by atoms with van der Waals surface area (Å²) < 4.78 is 1.80. The van der Waals surface area contributed by atoms with Crippen molar-refractivity contribution >= 4 is 0 Å². The summed E-state index contributed by atoms with van der Waals surface area (Å²) in [6, 6.07) is 8.53. The zero-order valence-corrected chi connectivity index (χ0v) is 11.5. The van der Waals surface area contributed by atoms with Crippen LogP contribution in [0.2, 0.25) is 0 Å². The highest BCUT2D eigenvalue weighted by Gasteiger charge is 2.29. The fourth-order valence-corrected chi connectivity index (χ4v) is 3.08. The number of aromatic nitrogens is 2. The van der Waals surface area contributed by atoms with Crippen molar-refractivity contribution in [2.24, 2.45) is 7.05 Å². The summed E-state index contributed by atoms with van der Waals surface area (Å²) in [5.74, 6) is 0.496. The lowest BCUT2D eigenvalue weighted by atomic mass is 9.74. The normalized spacial score (nSPS) is 18.8. The van der Waals surface area contributed by atoms with Gasteiger partial charge in [0.05, 0.1) is 11.8 Å². The zero-order chi connectivity index (χ0) is 13.4. The van der Waals surface area contributed by atoms with Crippen molar-refractivity contribution in [3.63, 3.8) is 0 Å². The quantitative estimate of drug-likeness (QED) is 0.913. The van der Waals surface area contributed by atoms with Crippen LogP contribution in [0.1, 0.15) is 47.8 Å². The van der Waals surface area contributed by atoms with Crippen LogP contribution in [0.5, 0.6) is 0 Å². The molecule has 3 rings (SSSR count). The number of aryl methyl sites for hydroxylation is 2. The maximum absolute atomic E-state index is 10.5. The number of benzene rings is 1. The van der Waals surface area contributed by atoms with E-state index in [0.717, 1.165) is 30.5 Å². The fraction of sp³-hybridized carbons (Fsp3) is 0.438. The summed E-state index contributed by atoms with van der Waals surface area (Å²) in [4.78, 5) is 0. The van der Waals surface area contributed by atoms with Crippen LogP contribution >= 0.6 is 0 Å². The average Bonchev–Trinajstić information content (AvgIpc) is 2.77. The Labute approximate surface area is 113 Å². The van der Waals surface area contributed by atoms with Crippen LogP contribution in [0.4, 0.5) is 0 Å². The number of hydrogen-bond donors (Lipinski definition) is 1. The molecule has 1 N–H and O–H groups in total. The van der Waals surface area contributed by atoms with E-state index in [1.54, 1.807) is 4.68 Å². The van der Waals surface area contributed by atoms with Gasteiger partial charge >= 0.3 is 0 Å². The minimum atomic E-state index is -0.401. The van der Waals surface area contributed by atoms with Crippen molar-refractivity contribution in [3.05, 3.63) is 52.8 Å². The van der Waals surface area contributed by atoms with Gasteiger partial charge in [-0.25, -0.2) is 0 Å². The molecule has 0 aliphatic heterocycles. The molecule has 100 valence electrons. The molecule has 0 radical (unpaired) electrons. The molecule has 19 heavy (non-hydrogen) atoms. The van der Waals surface area contributed by atoms with E-state index in [9.17, 15) is 5.11 Å². The van der Waals surface area contributed by atoms with Gasteiger partial charge in [-0.3, -0.25) is 4.68 Å². The van der Waals surface area contributed by atoms with Crippen LogP contribution in [0.15, 0.2) is 30.5 Å². The highest BCUT2D eigenvalue weighted by molar-refractivity contribution is 5.40. The first kappa shape index (κ1) is 12.4. The summed E-state index contributed by atoms with van der Waals surface area (Å²) in [7, 11) is 1.91. The number of hydrogen-bond acceptors (Lipinski definition) is 2. The van der Waals surface area contributed by atoms with E-state index < -0.39 is 6.10 Å². The van der Waals surface area contributed by atoms with Crippen LogP contribution in [0.25, 0.3) is 0 Å². The number of nitrogens with zero attached hydrogens (tertiary/aromatic N) is 2. The number of rotatable bonds is 4. The smallest absolute Gasteiger partial charge is 0.0829 e. The predicted octanol–water partition coefficient (Wildman–Crippen LogP) is 2.75. The molecule has 0 fully saturated rings. The second kappa shape index (κ2) is 4.82. The largest absolute Gasteiger partial charge is 0.388 e. The van der Waals surface area contributed by atoms with Crippen molar-refractivity contribution in [2.45, 2.75) is 38.2 Å². The van der Waals surface area contributed by atoms with Gasteiger partial charge in [0.2, 0.25) is 0 Å². The summed E-state index contributed by atoms with van der Waals surface area (Å²) in [6.07, 6.45) is 4.31. The van der Waals surface area contributed by atoms with E-state index in [1.807, 2.05) is 13.2 Å². The minimum absolute atomic E-state index is 0.401. The second-order valence-electron chi connectivity index (χ2n) is 5.41. The van der Waals surface area contributed by atoms with Gasteiger partial charge in [-0.15, -0.1) is 0 Å². The molecular weight excluding hydrogens is 236 g/mol. The molecule has 1 aromatic carbocycles. The molecule has 3 heteroatoms. The maximum Gasteiger partial charge on any atom is 0.0829 e. The van der Waals surface area contributed by atoms with E-state index >= 15 is 0 Å². The first-order valence-corrected chi connectivity index (χ1v) is 6.97. The Morgan fingerprint density at radius 2 is 2.21 bits per heavy atom. The highest BCUT2D eigenvalue weighted by atomic mass is 16.3. The zero-order valence-electron chi connectivity index (χ0n) is 11.5. The first-order valence-electron chi connectivity index (χ1n) is 6.97. The Hall–Kier alpha value is -1.61. The lowest BCUT2D eigenvalue weighted by Crippen LogP contribution is -2.19.